The minimum absolute atomic E-state index is 0.174. The van der Waals surface area contributed by atoms with Gasteiger partial charge in [0, 0.05) is 9.26 Å². The number of nitrogen functional groups attached to an aromatic ring is 1. The van der Waals surface area contributed by atoms with Crippen molar-refractivity contribution >= 4 is 38.4 Å². The van der Waals surface area contributed by atoms with Crippen molar-refractivity contribution in [2.75, 3.05) is 5.73 Å². The summed E-state index contributed by atoms with van der Waals surface area (Å²) >= 11 is 1.92. The highest BCUT2D eigenvalue weighted by atomic mass is 127. The van der Waals surface area contributed by atoms with Crippen LogP contribution in [0.5, 0.6) is 0 Å². The number of hydrogen-bond acceptors (Lipinski definition) is 3. The van der Waals surface area contributed by atoms with Gasteiger partial charge in [-0.05, 0) is 40.8 Å². The van der Waals surface area contributed by atoms with Crippen LogP contribution in [-0.2, 0) is 10.1 Å². The Bertz CT molecular complexity index is 381. The van der Waals surface area contributed by atoms with E-state index in [0.717, 1.165) is 0 Å². The smallest absolute Gasteiger partial charge is 0.294 e. The van der Waals surface area contributed by atoms with Crippen molar-refractivity contribution in [3.05, 3.63) is 21.8 Å². The molecule has 4 nitrogen and oxygen atoms in total. The molecule has 0 unspecified atom stereocenters. The van der Waals surface area contributed by atoms with E-state index in [0.29, 0.717) is 9.26 Å². The molecule has 0 bridgehead atoms. The molecule has 0 saturated carbocycles. The Balaban J connectivity index is 3.37. The van der Waals surface area contributed by atoms with E-state index in [2.05, 4.69) is 0 Å². The first-order valence-corrected chi connectivity index (χ1v) is 5.45. The lowest BCUT2D eigenvalue weighted by Crippen LogP contribution is -1.99. The Labute approximate surface area is 83.7 Å². The Morgan fingerprint density at radius 2 is 1.92 bits per heavy atom. The minimum atomic E-state index is -4.13. The van der Waals surface area contributed by atoms with Crippen LogP contribution >= 0.6 is 22.6 Å². The SMILES string of the molecule is Nc1cc(I)cc(S(=O)(=O)O)c1. The van der Waals surface area contributed by atoms with Crippen LogP contribution in [0.2, 0.25) is 0 Å². The van der Waals surface area contributed by atoms with Crippen LogP contribution in [0.4, 0.5) is 5.69 Å². The van der Waals surface area contributed by atoms with Crippen LogP contribution < -0.4 is 5.73 Å². The molecule has 0 aliphatic heterocycles. The highest BCUT2D eigenvalue weighted by molar-refractivity contribution is 14.1. The van der Waals surface area contributed by atoms with Gasteiger partial charge in [-0.15, -0.1) is 0 Å². The van der Waals surface area contributed by atoms with Crippen LogP contribution in [0.25, 0.3) is 0 Å². The molecule has 1 aromatic rings. The molecule has 1 rings (SSSR count). The summed E-state index contributed by atoms with van der Waals surface area (Å²) in [5.41, 5.74) is 5.69. The predicted molar refractivity (Wildman–Crippen MR) is 53.4 cm³/mol. The van der Waals surface area contributed by atoms with Crippen LogP contribution in [0, 0.1) is 3.57 Å². The zero-order chi connectivity index (χ0) is 9.35. The zero-order valence-electron chi connectivity index (χ0n) is 5.86. The van der Waals surface area contributed by atoms with E-state index in [-0.39, 0.29) is 4.90 Å². The third kappa shape index (κ3) is 2.32. The fourth-order valence-electron chi connectivity index (χ4n) is 0.733. The van der Waals surface area contributed by atoms with E-state index in [4.69, 9.17) is 10.3 Å². The normalized spacial score (nSPS) is 11.5. The Morgan fingerprint density at radius 3 is 2.33 bits per heavy atom. The van der Waals surface area contributed by atoms with Gasteiger partial charge in [0.25, 0.3) is 10.1 Å². The molecular formula is C6H6INO3S. The maximum Gasteiger partial charge on any atom is 0.294 e. The second-order valence-electron chi connectivity index (χ2n) is 2.20. The van der Waals surface area contributed by atoms with Crippen molar-refractivity contribution in [2.45, 2.75) is 4.90 Å². The lowest BCUT2D eigenvalue weighted by atomic mass is 10.3. The first-order valence-electron chi connectivity index (χ1n) is 2.93. The Kier molecular flexibility index (Phi) is 2.59. The van der Waals surface area contributed by atoms with Crippen molar-refractivity contribution in [3.63, 3.8) is 0 Å². The lowest BCUT2D eigenvalue weighted by Gasteiger charge is -1.99. The lowest BCUT2D eigenvalue weighted by molar-refractivity contribution is 0.483. The second kappa shape index (κ2) is 3.19. The molecule has 0 aliphatic rings. The van der Waals surface area contributed by atoms with E-state index in [1.807, 2.05) is 22.6 Å². The highest BCUT2D eigenvalue weighted by Gasteiger charge is 2.10. The monoisotopic (exact) mass is 299 g/mol. The first-order chi connectivity index (χ1) is 5.39. The standard InChI is InChI=1S/C6H6INO3S/c7-4-1-5(8)3-6(2-4)12(9,10)11/h1-3H,8H2,(H,9,10,11). The van der Waals surface area contributed by atoms with Gasteiger partial charge < -0.3 is 5.73 Å². The van der Waals surface area contributed by atoms with Gasteiger partial charge in [0.1, 0.15) is 0 Å². The molecule has 0 aromatic heterocycles. The molecule has 12 heavy (non-hydrogen) atoms. The number of nitrogens with two attached hydrogens (primary N) is 1. The van der Waals surface area contributed by atoms with E-state index >= 15 is 0 Å². The third-order valence-electron chi connectivity index (χ3n) is 1.19. The van der Waals surface area contributed by atoms with Gasteiger partial charge in [0.05, 0.1) is 4.90 Å². The summed E-state index contributed by atoms with van der Waals surface area (Å²) in [5, 5.41) is 0. The molecule has 0 saturated heterocycles. The molecule has 6 heteroatoms. The average Bonchev–Trinajstić information content (AvgIpc) is 1.82. The maximum absolute atomic E-state index is 10.6. The number of anilines is 1. The van der Waals surface area contributed by atoms with Crippen molar-refractivity contribution < 1.29 is 13.0 Å². The molecule has 0 atom stereocenters. The summed E-state index contributed by atoms with van der Waals surface area (Å²) in [6, 6.07) is 4.15. The topological polar surface area (TPSA) is 80.4 Å². The fourth-order valence-corrected chi connectivity index (χ4v) is 2.20. The van der Waals surface area contributed by atoms with Crippen molar-refractivity contribution in [2.24, 2.45) is 0 Å². The third-order valence-corrected chi connectivity index (χ3v) is 2.65. The summed E-state index contributed by atoms with van der Waals surface area (Å²) in [7, 11) is -4.13. The quantitative estimate of drug-likeness (QED) is 0.462. The van der Waals surface area contributed by atoms with Gasteiger partial charge >= 0.3 is 0 Å². The van der Waals surface area contributed by atoms with Crippen LogP contribution in [-0.4, -0.2) is 13.0 Å². The molecular weight excluding hydrogens is 293 g/mol. The van der Waals surface area contributed by atoms with E-state index in [1.54, 1.807) is 6.07 Å². The summed E-state index contributed by atoms with van der Waals surface area (Å²) in [6.45, 7) is 0. The van der Waals surface area contributed by atoms with Gasteiger partial charge in [0.2, 0.25) is 0 Å². The molecule has 3 N–H and O–H groups in total. The zero-order valence-corrected chi connectivity index (χ0v) is 8.83. The predicted octanol–water partition coefficient (Wildman–Crippen LogP) is 1.12. The largest absolute Gasteiger partial charge is 0.399 e. The molecule has 0 spiro atoms. The van der Waals surface area contributed by atoms with Gasteiger partial charge in [0.15, 0.2) is 0 Å². The Hall–Kier alpha value is -0.340. The molecule has 0 radical (unpaired) electrons. The fraction of sp³-hybridized carbons (Fsp3) is 0. The van der Waals surface area contributed by atoms with Crippen LogP contribution in [0.1, 0.15) is 0 Å². The summed E-state index contributed by atoms with van der Waals surface area (Å²) < 4.78 is 30.6. The summed E-state index contributed by atoms with van der Waals surface area (Å²) in [5.74, 6) is 0. The molecule has 1 aromatic carbocycles. The van der Waals surface area contributed by atoms with Gasteiger partial charge in [-0.25, -0.2) is 0 Å². The van der Waals surface area contributed by atoms with E-state index < -0.39 is 10.1 Å². The van der Waals surface area contributed by atoms with Gasteiger partial charge in [-0.1, -0.05) is 0 Å². The first kappa shape index (κ1) is 9.75. The van der Waals surface area contributed by atoms with Crippen LogP contribution in [0.15, 0.2) is 23.1 Å². The molecule has 0 fully saturated rings. The summed E-state index contributed by atoms with van der Waals surface area (Å²) in [6.07, 6.45) is 0. The average molecular weight is 299 g/mol. The number of halogens is 1. The molecule has 66 valence electrons. The molecule has 0 heterocycles. The van der Waals surface area contributed by atoms with Crippen molar-refractivity contribution in [3.8, 4) is 0 Å². The van der Waals surface area contributed by atoms with E-state index in [9.17, 15) is 8.42 Å². The van der Waals surface area contributed by atoms with Crippen molar-refractivity contribution in [1.82, 2.24) is 0 Å². The minimum Gasteiger partial charge on any atom is -0.399 e. The second-order valence-corrected chi connectivity index (χ2v) is 4.86. The molecule has 0 amide bonds. The van der Waals surface area contributed by atoms with Crippen LogP contribution in [0.3, 0.4) is 0 Å². The van der Waals surface area contributed by atoms with Gasteiger partial charge in [-0.3, -0.25) is 4.55 Å². The summed E-state index contributed by atoms with van der Waals surface area (Å²) in [4.78, 5) is -0.174. The highest BCUT2D eigenvalue weighted by Crippen LogP contribution is 2.17. The molecule has 0 aliphatic carbocycles. The van der Waals surface area contributed by atoms with Gasteiger partial charge in [-0.2, -0.15) is 8.42 Å². The number of benzene rings is 1. The van der Waals surface area contributed by atoms with Crippen molar-refractivity contribution in [1.29, 1.82) is 0 Å². The Morgan fingerprint density at radius 1 is 1.33 bits per heavy atom. The number of rotatable bonds is 1. The number of hydrogen-bond donors (Lipinski definition) is 2. The van der Waals surface area contributed by atoms with E-state index in [1.165, 1.54) is 12.1 Å². The maximum atomic E-state index is 10.6.